The fourth-order valence-electron chi connectivity index (χ4n) is 0.675. The van der Waals surface area contributed by atoms with Crippen molar-refractivity contribution in [3.8, 4) is 0 Å². The Morgan fingerprint density at radius 3 is 2.25 bits per heavy atom. The highest BCUT2D eigenvalue weighted by Crippen LogP contribution is 2.26. The van der Waals surface area contributed by atoms with Crippen LogP contribution >= 0.6 is 15.9 Å². The van der Waals surface area contributed by atoms with Crippen LogP contribution < -0.4 is 0 Å². The minimum absolute atomic E-state index is 0.259. The molecule has 0 radical (unpaired) electrons. The summed E-state index contributed by atoms with van der Waals surface area (Å²) in [5, 5.41) is 2.86. The van der Waals surface area contributed by atoms with Gasteiger partial charge in [-0.15, -0.1) is 0 Å². The molecule has 0 saturated heterocycles. The molecule has 0 heterocycles. The first-order valence-electron chi connectivity index (χ1n) is 2.85. The van der Waals surface area contributed by atoms with Crippen LogP contribution in [0.2, 0.25) is 0 Å². The zero-order chi connectivity index (χ0) is 9.14. The lowest BCUT2D eigenvalue weighted by Gasteiger charge is -1.97. The number of rotatable bonds is 1. The van der Waals surface area contributed by atoms with Crippen molar-refractivity contribution in [2.45, 2.75) is 0 Å². The normalized spacial score (nSPS) is 9.25. The molecule has 0 saturated carbocycles. The van der Waals surface area contributed by atoms with Crippen LogP contribution in [-0.2, 0) is 0 Å². The van der Waals surface area contributed by atoms with E-state index < -0.39 is 17.3 Å². The van der Waals surface area contributed by atoms with Crippen molar-refractivity contribution in [3.05, 3.63) is 38.7 Å². The number of benzene rings is 1. The second kappa shape index (κ2) is 3.51. The van der Waals surface area contributed by atoms with Crippen molar-refractivity contribution in [2.24, 2.45) is 5.11 Å². The van der Waals surface area contributed by atoms with E-state index in [-0.39, 0.29) is 4.47 Å². The molecule has 0 atom stereocenters. The Labute approximate surface area is 74.8 Å². The average Bonchev–Trinajstić information content (AvgIpc) is 1.96. The maximum absolute atomic E-state index is 12.8. The predicted octanol–water partition coefficient (Wildman–Crippen LogP) is 3.67. The van der Waals surface area contributed by atoms with Crippen LogP contribution in [0.4, 0.5) is 14.5 Å². The largest absolute Gasteiger partial charge is 0.206 e. The number of azide groups is 1. The van der Waals surface area contributed by atoms with Gasteiger partial charge in [-0.05, 0) is 17.7 Å². The third-order valence-electron chi connectivity index (χ3n) is 1.13. The Morgan fingerprint density at radius 1 is 1.33 bits per heavy atom. The van der Waals surface area contributed by atoms with Crippen LogP contribution in [-0.4, -0.2) is 0 Å². The first-order valence-corrected chi connectivity index (χ1v) is 3.64. The van der Waals surface area contributed by atoms with Crippen LogP contribution in [0.15, 0.2) is 21.7 Å². The monoisotopic (exact) mass is 233 g/mol. The lowest BCUT2D eigenvalue weighted by atomic mass is 10.3. The molecule has 12 heavy (non-hydrogen) atoms. The van der Waals surface area contributed by atoms with E-state index >= 15 is 0 Å². The Hall–Kier alpha value is -1.13. The molecule has 0 aliphatic rings. The quantitative estimate of drug-likeness (QED) is 0.404. The fourth-order valence-corrected chi connectivity index (χ4v) is 1.08. The summed E-state index contributed by atoms with van der Waals surface area (Å²) in [6.07, 6.45) is 0. The van der Waals surface area contributed by atoms with Crippen molar-refractivity contribution in [1.82, 2.24) is 0 Å². The fraction of sp³-hybridized carbons (Fsp3) is 0. The van der Waals surface area contributed by atoms with Crippen LogP contribution in [0.5, 0.6) is 0 Å². The molecule has 0 bridgehead atoms. The smallest absolute Gasteiger partial charge is 0.136 e. The van der Waals surface area contributed by atoms with Gasteiger partial charge in [0.1, 0.15) is 17.3 Å². The molecule has 0 spiro atoms. The summed E-state index contributed by atoms with van der Waals surface area (Å²) in [5.74, 6) is -1.78. The van der Waals surface area contributed by atoms with Gasteiger partial charge < -0.3 is 0 Å². The van der Waals surface area contributed by atoms with Gasteiger partial charge in [-0.25, -0.2) is 8.78 Å². The number of nitrogens with zero attached hydrogens (tertiary/aromatic N) is 3. The molecular weight excluding hydrogens is 232 g/mol. The molecule has 0 aromatic heterocycles. The van der Waals surface area contributed by atoms with Gasteiger partial charge >= 0.3 is 0 Å². The molecule has 0 N–H and O–H groups in total. The van der Waals surface area contributed by atoms with Gasteiger partial charge in [0.15, 0.2) is 0 Å². The molecule has 3 nitrogen and oxygen atoms in total. The van der Waals surface area contributed by atoms with Crippen molar-refractivity contribution in [3.63, 3.8) is 0 Å². The van der Waals surface area contributed by atoms with Gasteiger partial charge in [-0.1, -0.05) is 21.0 Å². The van der Waals surface area contributed by atoms with Crippen LogP contribution in [0.25, 0.3) is 10.4 Å². The maximum Gasteiger partial charge on any atom is 0.136 e. The van der Waals surface area contributed by atoms with Gasteiger partial charge in [-0.2, -0.15) is 0 Å². The van der Waals surface area contributed by atoms with Crippen molar-refractivity contribution in [1.29, 1.82) is 0 Å². The van der Waals surface area contributed by atoms with E-state index in [2.05, 4.69) is 26.0 Å². The Morgan fingerprint density at radius 2 is 1.83 bits per heavy atom. The van der Waals surface area contributed by atoms with Crippen LogP contribution in [0.1, 0.15) is 0 Å². The minimum atomic E-state index is -0.889. The zero-order valence-corrected chi connectivity index (χ0v) is 7.22. The standard InChI is InChI=1S/C6H2BrF2N3/c7-3-1-4(8)6(11-12-10)5(9)2-3/h1-2H. The summed E-state index contributed by atoms with van der Waals surface area (Å²) < 4.78 is 25.8. The summed E-state index contributed by atoms with van der Waals surface area (Å²) in [6, 6.07) is 2.04. The summed E-state index contributed by atoms with van der Waals surface area (Å²) >= 11 is 2.88. The van der Waals surface area contributed by atoms with E-state index in [1.807, 2.05) is 0 Å². The second-order valence-corrected chi connectivity index (χ2v) is 2.82. The molecule has 0 aliphatic heterocycles. The number of halogens is 3. The molecule has 0 aliphatic carbocycles. The van der Waals surface area contributed by atoms with E-state index in [0.29, 0.717) is 0 Å². The first kappa shape index (κ1) is 8.96. The van der Waals surface area contributed by atoms with Gasteiger partial charge in [0.05, 0.1) is 0 Å². The van der Waals surface area contributed by atoms with Gasteiger partial charge in [-0.3, -0.25) is 0 Å². The van der Waals surface area contributed by atoms with E-state index in [1.54, 1.807) is 0 Å². The lowest BCUT2D eigenvalue weighted by molar-refractivity contribution is 0.585. The molecule has 0 fully saturated rings. The summed E-state index contributed by atoms with van der Waals surface area (Å²) in [7, 11) is 0. The molecular formula is C6H2BrF2N3. The molecule has 1 aromatic rings. The van der Waals surface area contributed by atoms with Gasteiger partial charge in [0.25, 0.3) is 0 Å². The third kappa shape index (κ3) is 1.72. The molecule has 0 unspecified atom stereocenters. The van der Waals surface area contributed by atoms with E-state index in [4.69, 9.17) is 5.53 Å². The summed E-state index contributed by atoms with van der Waals surface area (Å²) in [5.41, 5.74) is 7.34. The molecule has 1 aromatic carbocycles. The highest BCUT2D eigenvalue weighted by Gasteiger charge is 2.07. The highest BCUT2D eigenvalue weighted by molar-refractivity contribution is 9.10. The Balaban J connectivity index is 3.37. The van der Waals surface area contributed by atoms with Crippen molar-refractivity contribution < 1.29 is 8.78 Å². The Kier molecular flexibility index (Phi) is 2.62. The van der Waals surface area contributed by atoms with Gasteiger partial charge in [0.2, 0.25) is 0 Å². The number of hydrogen-bond donors (Lipinski definition) is 0. The molecule has 6 heteroatoms. The SMILES string of the molecule is [N-]=[N+]=Nc1c(F)cc(Br)cc1F. The summed E-state index contributed by atoms with van der Waals surface area (Å²) in [6.45, 7) is 0. The van der Waals surface area contributed by atoms with Gasteiger partial charge in [0, 0.05) is 9.38 Å². The van der Waals surface area contributed by atoms with Crippen LogP contribution in [0, 0.1) is 11.6 Å². The predicted molar refractivity (Wildman–Crippen MR) is 42.9 cm³/mol. The first-order chi connectivity index (χ1) is 5.65. The average molecular weight is 234 g/mol. The van der Waals surface area contributed by atoms with Crippen molar-refractivity contribution in [2.75, 3.05) is 0 Å². The van der Waals surface area contributed by atoms with Crippen LogP contribution in [0.3, 0.4) is 0 Å². The highest BCUT2D eigenvalue weighted by atomic mass is 79.9. The molecule has 1 rings (SSSR count). The summed E-state index contributed by atoms with van der Waals surface area (Å²) in [4.78, 5) is 2.29. The van der Waals surface area contributed by atoms with E-state index in [9.17, 15) is 8.78 Å². The second-order valence-electron chi connectivity index (χ2n) is 1.91. The van der Waals surface area contributed by atoms with E-state index in [0.717, 1.165) is 12.1 Å². The third-order valence-corrected chi connectivity index (χ3v) is 1.58. The Bertz CT molecular complexity index is 337. The molecule has 0 amide bonds. The number of hydrogen-bond acceptors (Lipinski definition) is 1. The van der Waals surface area contributed by atoms with Crippen molar-refractivity contribution >= 4 is 21.6 Å². The van der Waals surface area contributed by atoms with E-state index in [1.165, 1.54) is 0 Å². The lowest BCUT2D eigenvalue weighted by Crippen LogP contribution is -1.81. The minimum Gasteiger partial charge on any atom is -0.206 e. The maximum atomic E-state index is 12.8. The molecule has 62 valence electrons. The zero-order valence-electron chi connectivity index (χ0n) is 5.63. The topological polar surface area (TPSA) is 48.8 Å².